The summed E-state index contributed by atoms with van der Waals surface area (Å²) in [5, 5.41) is 18.1. The number of aliphatic carboxylic acids is 1. The van der Waals surface area contributed by atoms with Crippen molar-refractivity contribution in [3.05, 3.63) is 50.3 Å². The molecule has 0 aliphatic rings. The van der Waals surface area contributed by atoms with Crippen LogP contribution in [0.3, 0.4) is 0 Å². The van der Waals surface area contributed by atoms with Gasteiger partial charge in [0.05, 0.1) is 30.9 Å². The first-order valence-electron chi connectivity index (χ1n) is 9.16. The second-order valence-corrected chi connectivity index (χ2v) is 8.38. The van der Waals surface area contributed by atoms with E-state index in [1.54, 1.807) is 30.3 Å². The molecule has 0 aliphatic carbocycles. The molecule has 1 heterocycles. The van der Waals surface area contributed by atoms with Crippen LogP contribution in [-0.4, -0.2) is 42.1 Å². The highest BCUT2D eigenvalue weighted by Gasteiger charge is 2.19. The maximum Gasteiger partial charge on any atom is 0.342 e. The number of rotatable bonds is 9. The smallest absolute Gasteiger partial charge is 0.342 e. The summed E-state index contributed by atoms with van der Waals surface area (Å²) in [5.41, 5.74) is 1.08. The van der Waals surface area contributed by atoms with Crippen LogP contribution in [0.15, 0.2) is 49.3 Å². The standard InChI is InChI=1S/C21H18BrClN2O6S/c1-4-30-18-14(22)7-11(8-16(18)29-3)9-17(20(26)27)32-21-25-24-19(31-21)13-10-12(23)5-6-15(13)28-2/h5-10H,4H2,1-3H3,(H,26,27)/b17-9-. The molecule has 0 bridgehead atoms. The molecule has 168 valence electrons. The van der Waals surface area contributed by atoms with Crippen molar-refractivity contribution in [3.8, 4) is 28.7 Å². The highest BCUT2D eigenvalue weighted by Crippen LogP contribution is 2.39. The summed E-state index contributed by atoms with van der Waals surface area (Å²) in [7, 11) is 3.02. The van der Waals surface area contributed by atoms with Gasteiger partial charge in [-0.05, 0) is 76.6 Å². The number of benzene rings is 2. The SMILES string of the molecule is CCOc1c(Br)cc(/C=C(\Sc2nnc(-c3cc(Cl)ccc3OC)o2)C(=O)O)cc1OC. The average molecular weight is 542 g/mol. The Balaban J connectivity index is 1.92. The van der Waals surface area contributed by atoms with E-state index in [1.807, 2.05) is 6.92 Å². The third-order valence-corrected chi connectivity index (χ3v) is 5.72. The average Bonchev–Trinajstić information content (AvgIpc) is 3.23. The Hall–Kier alpha value is -2.69. The number of carbonyl (C=O) groups is 1. The predicted molar refractivity (Wildman–Crippen MR) is 125 cm³/mol. The minimum Gasteiger partial charge on any atom is -0.496 e. The lowest BCUT2D eigenvalue weighted by Crippen LogP contribution is -1.99. The van der Waals surface area contributed by atoms with Gasteiger partial charge in [-0.2, -0.15) is 0 Å². The van der Waals surface area contributed by atoms with E-state index in [9.17, 15) is 9.90 Å². The summed E-state index contributed by atoms with van der Waals surface area (Å²) < 4.78 is 22.5. The number of carboxylic acid groups (broad SMARTS) is 1. The number of aromatic nitrogens is 2. The van der Waals surface area contributed by atoms with Crippen molar-refractivity contribution in [1.82, 2.24) is 10.2 Å². The molecule has 3 aromatic rings. The van der Waals surface area contributed by atoms with E-state index in [2.05, 4.69) is 26.1 Å². The molecular formula is C21H18BrClN2O6S. The number of thioether (sulfide) groups is 1. The Labute approximate surface area is 201 Å². The van der Waals surface area contributed by atoms with Gasteiger partial charge in [0.2, 0.25) is 0 Å². The first-order valence-corrected chi connectivity index (χ1v) is 11.2. The molecule has 1 aromatic heterocycles. The molecule has 32 heavy (non-hydrogen) atoms. The molecule has 0 radical (unpaired) electrons. The fourth-order valence-electron chi connectivity index (χ4n) is 2.70. The monoisotopic (exact) mass is 540 g/mol. The Kier molecular flexibility index (Phi) is 8.05. The molecule has 0 saturated carbocycles. The van der Waals surface area contributed by atoms with Gasteiger partial charge in [-0.15, -0.1) is 10.2 Å². The first-order chi connectivity index (χ1) is 15.4. The molecule has 11 heteroatoms. The van der Waals surface area contributed by atoms with E-state index in [4.69, 9.17) is 30.2 Å². The third kappa shape index (κ3) is 5.56. The second-order valence-electron chi connectivity index (χ2n) is 6.10. The van der Waals surface area contributed by atoms with E-state index < -0.39 is 5.97 Å². The van der Waals surface area contributed by atoms with Crippen LogP contribution in [0.1, 0.15) is 12.5 Å². The van der Waals surface area contributed by atoms with Gasteiger partial charge < -0.3 is 23.7 Å². The number of hydrogen-bond donors (Lipinski definition) is 1. The number of ether oxygens (including phenoxy) is 3. The van der Waals surface area contributed by atoms with Crippen molar-refractivity contribution in [3.63, 3.8) is 0 Å². The van der Waals surface area contributed by atoms with E-state index in [0.717, 1.165) is 11.8 Å². The molecule has 0 unspecified atom stereocenters. The molecule has 0 aliphatic heterocycles. The predicted octanol–water partition coefficient (Wildman–Crippen LogP) is 5.79. The van der Waals surface area contributed by atoms with Crippen LogP contribution in [0.5, 0.6) is 17.2 Å². The van der Waals surface area contributed by atoms with Gasteiger partial charge in [0.1, 0.15) is 10.7 Å². The van der Waals surface area contributed by atoms with E-state index in [-0.39, 0.29) is 16.0 Å². The quantitative estimate of drug-likeness (QED) is 0.266. The highest BCUT2D eigenvalue weighted by molar-refractivity contribution is 9.10. The summed E-state index contributed by atoms with van der Waals surface area (Å²) in [6.07, 6.45) is 1.47. The summed E-state index contributed by atoms with van der Waals surface area (Å²) >= 11 is 10.3. The number of carboxylic acids is 1. The first kappa shape index (κ1) is 24.0. The van der Waals surface area contributed by atoms with Crippen molar-refractivity contribution in [2.75, 3.05) is 20.8 Å². The van der Waals surface area contributed by atoms with Crippen LogP contribution in [0.2, 0.25) is 5.02 Å². The lowest BCUT2D eigenvalue weighted by molar-refractivity contribution is -0.131. The minimum atomic E-state index is -1.15. The zero-order valence-electron chi connectivity index (χ0n) is 17.2. The Morgan fingerprint density at radius 1 is 1.22 bits per heavy atom. The molecule has 8 nitrogen and oxygen atoms in total. The Morgan fingerprint density at radius 2 is 1.97 bits per heavy atom. The van der Waals surface area contributed by atoms with Crippen molar-refractivity contribution in [2.45, 2.75) is 12.1 Å². The third-order valence-electron chi connectivity index (χ3n) is 4.04. The van der Waals surface area contributed by atoms with Crippen molar-refractivity contribution >= 4 is 51.3 Å². The number of hydrogen-bond acceptors (Lipinski definition) is 8. The molecule has 0 fully saturated rings. The molecule has 0 amide bonds. The summed E-state index contributed by atoms with van der Waals surface area (Å²) in [6, 6.07) is 8.38. The van der Waals surface area contributed by atoms with Crippen molar-refractivity contribution < 1.29 is 28.5 Å². The molecule has 2 aromatic carbocycles. The number of nitrogens with zero attached hydrogens (tertiary/aromatic N) is 2. The zero-order chi connectivity index (χ0) is 23.3. The highest BCUT2D eigenvalue weighted by atomic mass is 79.9. The van der Waals surface area contributed by atoms with Crippen molar-refractivity contribution in [1.29, 1.82) is 0 Å². The largest absolute Gasteiger partial charge is 0.496 e. The van der Waals surface area contributed by atoms with Crippen LogP contribution >= 0.6 is 39.3 Å². The molecule has 1 N–H and O–H groups in total. The number of methoxy groups -OCH3 is 2. The summed E-state index contributed by atoms with van der Waals surface area (Å²) in [6.45, 7) is 2.31. The maximum atomic E-state index is 11.9. The normalized spacial score (nSPS) is 11.3. The zero-order valence-corrected chi connectivity index (χ0v) is 20.4. The van der Waals surface area contributed by atoms with Crippen LogP contribution in [0.25, 0.3) is 17.5 Å². The lowest BCUT2D eigenvalue weighted by atomic mass is 10.2. The van der Waals surface area contributed by atoms with E-state index >= 15 is 0 Å². The summed E-state index contributed by atoms with van der Waals surface area (Å²) in [4.78, 5) is 11.8. The molecule has 0 saturated heterocycles. The molecular weight excluding hydrogens is 524 g/mol. The van der Waals surface area contributed by atoms with E-state index in [1.165, 1.54) is 20.3 Å². The number of halogens is 2. The topological polar surface area (TPSA) is 104 Å². The van der Waals surface area contributed by atoms with Gasteiger partial charge in [-0.3, -0.25) is 0 Å². The van der Waals surface area contributed by atoms with Gasteiger partial charge in [-0.25, -0.2) is 4.79 Å². The lowest BCUT2D eigenvalue weighted by Gasteiger charge is -2.12. The van der Waals surface area contributed by atoms with Crippen molar-refractivity contribution in [2.24, 2.45) is 0 Å². The van der Waals surface area contributed by atoms with Gasteiger partial charge in [0.25, 0.3) is 11.1 Å². The van der Waals surface area contributed by atoms with Gasteiger partial charge in [0, 0.05) is 5.02 Å². The van der Waals surface area contributed by atoms with Crippen LogP contribution in [0.4, 0.5) is 0 Å². The molecule has 0 atom stereocenters. The van der Waals surface area contributed by atoms with Crippen LogP contribution in [0, 0.1) is 0 Å². The maximum absolute atomic E-state index is 11.9. The van der Waals surface area contributed by atoms with Gasteiger partial charge in [-0.1, -0.05) is 11.6 Å². The van der Waals surface area contributed by atoms with E-state index in [0.29, 0.717) is 44.5 Å². The fraction of sp³-hybridized carbons (Fsp3) is 0.190. The van der Waals surface area contributed by atoms with Crippen LogP contribution < -0.4 is 14.2 Å². The Morgan fingerprint density at radius 3 is 2.62 bits per heavy atom. The van der Waals surface area contributed by atoms with Gasteiger partial charge >= 0.3 is 5.97 Å². The Bertz CT molecular complexity index is 1170. The van der Waals surface area contributed by atoms with Crippen LogP contribution in [-0.2, 0) is 4.79 Å². The summed E-state index contributed by atoms with van der Waals surface area (Å²) in [5.74, 6) is 0.500. The fourth-order valence-corrected chi connectivity index (χ4v) is 4.11. The minimum absolute atomic E-state index is 0.0311. The molecule has 3 rings (SSSR count). The second kappa shape index (κ2) is 10.8. The molecule has 0 spiro atoms. The van der Waals surface area contributed by atoms with Gasteiger partial charge in [0.15, 0.2) is 11.5 Å².